The first-order valence-electron chi connectivity index (χ1n) is 5.27. The van der Waals surface area contributed by atoms with Gasteiger partial charge < -0.3 is 10.2 Å². The molecule has 1 aromatic heterocycles. The largest absolute Gasteiger partial charge is 0.357 e. The van der Waals surface area contributed by atoms with Crippen LogP contribution < -0.4 is 10.2 Å². The summed E-state index contributed by atoms with van der Waals surface area (Å²) < 4.78 is 0. The highest BCUT2D eigenvalue weighted by Gasteiger charge is 2.08. The van der Waals surface area contributed by atoms with Crippen molar-refractivity contribution < 1.29 is 0 Å². The van der Waals surface area contributed by atoms with Crippen LogP contribution in [0.5, 0.6) is 0 Å². The molecule has 0 aliphatic rings. The van der Waals surface area contributed by atoms with E-state index in [1.54, 1.807) is 11.8 Å². The van der Waals surface area contributed by atoms with Gasteiger partial charge in [-0.05, 0) is 5.92 Å². The van der Waals surface area contributed by atoms with E-state index in [0.717, 1.165) is 10.9 Å². The summed E-state index contributed by atoms with van der Waals surface area (Å²) in [6, 6.07) is 0. The predicted molar refractivity (Wildman–Crippen MR) is 69.3 cm³/mol. The quantitative estimate of drug-likeness (QED) is 0.792. The van der Waals surface area contributed by atoms with E-state index in [0.29, 0.717) is 17.8 Å². The van der Waals surface area contributed by atoms with Gasteiger partial charge in [-0.15, -0.1) is 0 Å². The zero-order chi connectivity index (χ0) is 12.1. The van der Waals surface area contributed by atoms with Crippen molar-refractivity contribution in [2.24, 2.45) is 5.92 Å². The number of thioether (sulfide) groups is 1. The molecule has 0 unspecified atom stereocenters. The van der Waals surface area contributed by atoms with Crippen molar-refractivity contribution in [3.05, 3.63) is 0 Å². The third-order valence-corrected chi connectivity index (χ3v) is 3.05. The predicted octanol–water partition coefficient (Wildman–Crippen LogP) is 1.73. The summed E-state index contributed by atoms with van der Waals surface area (Å²) in [5, 5.41) is 3.72. The third-order valence-electron chi connectivity index (χ3n) is 1.77. The maximum atomic E-state index is 4.38. The van der Waals surface area contributed by atoms with E-state index in [1.807, 2.05) is 26.0 Å². The molecule has 16 heavy (non-hydrogen) atoms. The van der Waals surface area contributed by atoms with Crippen LogP contribution in [0.25, 0.3) is 0 Å². The second-order valence-corrected chi connectivity index (χ2v) is 5.08. The Balaban J connectivity index is 2.86. The van der Waals surface area contributed by atoms with Gasteiger partial charge in [-0.3, -0.25) is 0 Å². The van der Waals surface area contributed by atoms with E-state index in [2.05, 4.69) is 34.1 Å². The molecule has 1 N–H and O–H groups in total. The number of aromatic nitrogens is 3. The molecule has 6 heteroatoms. The molecule has 1 rings (SSSR count). The van der Waals surface area contributed by atoms with Gasteiger partial charge in [-0.25, -0.2) is 0 Å². The van der Waals surface area contributed by atoms with Crippen LogP contribution in [0, 0.1) is 5.92 Å². The van der Waals surface area contributed by atoms with Crippen LogP contribution in [0.4, 0.5) is 11.9 Å². The van der Waals surface area contributed by atoms with Gasteiger partial charge in [0.2, 0.25) is 11.9 Å². The van der Waals surface area contributed by atoms with Crippen molar-refractivity contribution in [1.29, 1.82) is 0 Å². The Hall–Kier alpha value is -1.04. The third kappa shape index (κ3) is 3.84. The zero-order valence-electron chi connectivity index (χ0n) is 10.5. The molecule has 1 heterocycles. The molecule has 0 aliphatic heterocycles. The van der Waals surface area contributed by atoms with Gasteiger partial charge in [-0.2, -0.15) is 15.0 Å². The molecule has 0 atom stereocenters. The van der Waals surface area contributed by atoms with E-state index in [1.165, 1.54) is 0 Å². The molecule has 90 valence electrons. The Morgan fingerprint density at radius 1 is 1.25 bits per heavy atom. The monoisotopic (exact) mass is 241 g/mol. The number of rotatable bonds is 5. The van der Waals surface area contributed by atoms with Gasteiger partial charge in [-0.1, -0.05) is 25.6 Å². The van der Waals surface area contributed by atoms with Gasteiger partial charge in [0, 0.05) is 26.9 Å². The molecule has 0 spiro atoms. The topological polar surface area (TPSA) is 53.9 Å². The maximum absolute atomic E-state index is 4.38. The average molecular weight is 241 g/mol. The van der Waals surface area contributed by atoms with E-state index < -0.39 is 0 Å². The van der Waals surface area contributed by atoms with Crippen molar-refractivity contribution in [3.63, 3.8) is 0 Å². The molecule has 0 bridgehead atoms. The highest BCUT2D eigenvalue weighted by molar-refractivity contribution is 7.99. The molecule has 0 aromatic carbocycles. The number of nitrogens with one attached hydrogen (secondary N) is 1. The SMILES string of the molecule is CNc1nc(SCC(C)C)nc(N(C)C)n1. The summed E-state index contributed by atoms with van der Waals surface area (Å²) in [5.74, 6) is 2.94. The lowest BCUT2D eigenvalue weighted by atomic mass is 10.3. The minimum Gasteiger partial charge on any atom is -0.357 e. The van der Waals surface area contributed by atoms with Crippen molar-refractivity contribution in [2.45, 2.75) is 19.0 Å². The zero-order valence-corrected chi connectivity index (χ0v) is 11.3. The highest BCUT2D eigenvalue weighted by Crippen LogP contribution is 2.19. The van der Waals surface area contributed by atoms with Crippen LogP contribution in [0.1, 0.15) is 13.8 Å². The minimum absolute atomic E-state index is 0.616. The van der Waals surface area contributed by atoms with E-state index >= 15 is 0 Å². The Morgan fingerprint density at radius 3 is 2.44 bits per heavy atom. The van der Waals surface area contributed by atoms with Crippen molar-refractivity contribution in [3.8, 4) is 0 Å². The lowest BCUT2D eigenvalue weighted by Gasteiger charge is -2.12. The first-order chi connectivity index (χ1) is 7.52. The summed E-state index contributed by atoms with van der Waals surface area (Å²) in [5.41, 5.74) is 0. The normalized spacial score (nSPS) is 10.6. The number of hydrogen-bond acceptors (Lipinski definition) is 6. The first kappa shape index (κ1) is 13.0. The summed E-state index contributed by atoms with van der Waals surface area (Å²) >= 11 is 1.66. The van der Waals surface area contributed by atoms with E-state index in [-0.39, 0.29) is 0 Å². The molecule has 0 saturated heterocycles. The minimum atomic E-state index is 0.616. The highest BCUT2D eigenvalue weighted by atomic mass is 32.2. The fraction of sp³-hybridized carbons (Fsp3) is 0.700. The molecule has 0 saturated carbocycles. The first-order valence-corrected chi connectivity index (χ1v) is 6.25. The Labute approximate surface area is 101 Å². The Kier molecular flexibility index (Phi) is 4.79. The van der Waals surface area contributed by atoms with Crippen molar-refractivity contribution in [1.82, 2.24) is 15.0 Å². The molecular weight excluding hydrogens is 222 g/mol. The summed E-state index contributed by atoms with van der Waals surface area (Å²) in [7, 11) is 5.66. The molecule has 0 amide bonds. The van der Waals surface area contributed by atoms with Gasteiger partial charge in [0.25, 0.3) is 0 Å². The summed E-state index contributed by atoms with van der Waals surface area (Å²) in [4.78, 5) is 14.8. The molecular formula is C10H19N5S. The fourth-order valence-corrected chi connectivity index (χ4v) is 1.74. The van der Waals surface area contributed by atoms with Crippen molar-refractivity contribution in [2.75, 3.05) is 37.1 Å². The van der Waals surface area contributed by atoms with E-state index in [4.69, 9.17) is 0 Å². The lowest BCUT2D eigenvalue weighted by Crippen LogP contribution is -2.15. The van der Waals surface area contributed by atoms with Gasteiger partial charge in [0.05, 0.1) is 0 Å². The van der Waals surface area contributed by atoms with Crippen LogP contribution in [0.15, 0.2) is 5.16 Å². The molecule has 0 aliphatic carbocycles. The molecule has 5 nitrogen and oxygen atoms in total. The van der Waals surface area contributed by atoms with Crippen LogP contribution >= 0.6 is 11.8 Å². The van der Waals surface area contributed by atoms with Crippen LogP contribution in [-0.4, -0.2) is 41.8 Å². The summed E-state index contributed by atoms with van der Waals surface area (Å²) in [6.07, 6.45) is 0. The van der Waals surface area contributed by atoms with Crippen molar-refractivity contribution >= 4 is 23.7 Å². The molecule has 1 aromatic rings. The second-order valence-electron chi connectivity index (χ2n) is 4.09. The maximum Gasteiger partial charge on any atom is 0.230 e. The van der Waals surface area contributed by atoms with Gasteiger partial charge >= 0.3 is 0 Å². The van der Waals surface area contributed by atoms with E-state index in [9.17, 15) is 0 Å². The number of nitrogens with zero attached hydrogens (tertiary/aromatic N) is 4. The number of hydrogen-bond donors (Lipinski definition) is 1. The smallest absolute Gasteiger partial charge is 0.230 e. The Morgan fingerprint density at radius 2 is 1.94 bits per heavy atom. The second kappa shape index (κ2) is 5.89. The molecule has 0 radical (unpaired) electrons. The van der Waals surface area contributed by atoms with Crippen LogP contribution in [-0.2, 0) is 0 Å². The van der Waals surface area contributed by atoms with Crippen LogP contribution in [0.2, 0.25) is 0 Å². The molecule has 0 fully saturated rings. The number of anilines is 2. The van der Waals surface area contributed by atoms with Gasteiger partial charge in [0.15, 0.2) is 5.16 Å². The van der Waals surface area contributed by atoms with Crippen LogP contribution in [0.3, 0.4) is 0 Å². The summed E-state index contributed by atoms with van der Waals surface area (Å²) in [6.45, 7) is 4.36. The van der Waals surface area contributed by atoms with Gasteiger partial charge in [0.1, 0.15) is 0 Å². The standard InChI is InChI=1S/C10H19N5S/c1-7(2)6-16-10-13-8(11-3)12-9(14-10)15(4)5/h7H,6H2,1-5H3,(H,11,12,13,14). The fourth-order valence-electron chi connectivity index (χ4n) is 0.963. The average Bonchev–Trinajstić information content (AvgIpc) is 2.25. The lowest BCUT2D eigenvalue weighted by molar-refractivity contribution is 0.746. The Bertz CT molecular complexity index is 340.